The Kier molecular flexibility index (Phi) is 9.01. The van der Waals surface area contributed by atoms with E-state index in [0.717, 1.165) is 17.7 Å². The van der Waals surface area contributed by atoms with E-state index in [1.54, 1.807) is 27.7 Å². The van der Waals surface area contributed by atoms with Crippen molar-refractivity contribution in [2.45, 2.75) is 23.0 Å². The van der Waals surface area contributed by atoms with E-state index in [1.807, 2.05) is 30.3 Å². The van der Waals surface area contributed by atoms with Gasteiger partial charge in [-0.2, -0.15) is 4.31 Å². The fraction of sp³-hybridized carbons (Fsp3) is 0.267. The van der Waals surface area contributed by atoms with Gasteiger partial charge in [-0.05, 0) is 60.5 Å². The number of benzene rings is 3. The van der Waals surface area contributed by atoms with Crippen molar-refractivity contribution < 1.29 is 22.7 Å². The van der Waals surface area contributed by atoms with Crippen LogP contribution in [0, 0.1) is 0 Å². The highest BCUT2D eigenvalue weighted by Crippen LogP contribution is 2.30. The highest BCUT2D eigenvalue weighted by molar-refractivity contribution is 7.99. The van der Waals surface area contributed by atoms with Gasteiger partial charge in [-0.1, -0.05) is 47.6 Å². The molecule has 3 heterocycles. The summed E-state index contributed by atoms with van der Waals surface area (Å²) in [5.74, 6) is 0.153. The van der Waals surface area contributed by atoms with Gasteiger partial charge >= 0.3 is 0 Å². The van der Waals surface area contributed by atoms with Gasteiger partial charge in [-0.15, -0.1) is 10.2 Å². The zero-order valence-electron chi connectivity index (χ0n) is 23.6. The van der Waals surface area contributed by atoms with Gasteiger partial charge in [0.1, 0.15) is 0 Å². The molecule has 11 nitrogen and oxygen atoms in total. The van der Waals surface area contributed by atoms with Gasteiger partial charge in [-0.3, -0.25) is 14.2 Å². The van der Waals surface area contributed by atoms with Crippen LogP contribution in [0.2, 0.25) is 5.02 Å². The SMILES string of the molecule is O=C(NCc1nnc(SCC(=O)N2CCc3ccccc32)n1-c1cccc(Cl)c1)c1ccc(S(=O)(=O)N2CCOCC2)cc1. The zero-order chi connectivity index (χ0) is 30.7. The third-order valence-corrected chi connectivity index (χ3v) is 10.5. The van der Waals surface area contributed by atoms with Crippen molar-refractivity contribution >= 4 is 50.9 Å². The molecule has 1 aromatic heterocycles. The van der Waals surface area contributed by atoms with E-state index in [2.05, 4.69) is 15.5 Å². The van der Waals surface area contributed by atoms with E-state index >= 15 is 0 Å². The number of hydrogen-bond acceptors (Lipinski definition) is 8. The van der Waals surface area contributed by atoms with Gasteiger partial charge in [-0.25, -0.2) is 8.42 Å². The summed E-state index contributed by atoms with van der Waals surface area (Å²) in [6, 6.07) is 20.9. The van der Waals surface area contributed by atoms with Crippen molar-refractivity contribution in [2.75, 3.05) is 43.5 Å². The molecule has 4 aromatic rings. The molecule has 1 fully saturated rings. The molecule has 0 saturated carbocycles. The minimum absolute atomic E-state index is 0.0280. The molecule has 44 heavy (non-hydrogen) atoms. The quantitative estimate of drug-likeness (QED) is 0.272. The van der Waals surface area contributed by atoms with Crippen LogP contribution in [-0.2, 0) is 32.5 Å². The summed E-state index contributed by atoms with van der Waals surface area (Å²) in [5, 5.41) is 12.5. The number of rotatable bonds is 9. The number of carbonyl (C=O) groups excluding carboxylic acids is 2. The van der Waals surface area contributed by atoms with E-state index in [0.29, 0.717) is 60.1 Å². The van der Waals surface area contributed by atoms with Crippen molar-refractivity contribution in [3.05, 3.63) is 94.8 Å². The molecule has 2 amide bonds. The van der Waals surface area contributed by atoms with Gasteiger partial charge in [0.15, 0.2) is 11.0 Å². The van der Waals surface area contributed by atoms with Crippen LogP contribution in [0.4, 0.5) is 5.69 Å². The monoisotopic (exact) mass is 652 g/mol. The van der Waals surface area contributed by atoms with Crippen LogP contribution < -0.4 is 10.2 Å². The number of halogens is 1. The number of morpholine rings is 1. The average molecular weight is 653 g/mol. The second kappa shape index (κ2) is 13.1. The number of anilines is 1. The Morgan fingerprint density at radius 3 is 2.50 bits per heavy atom. The first-order valence-electron chi connectivity index (χ1n) is 14.0. The number of nitrogens with one attached hydrogen (secondary N) is 1. The molecular formula is C30H29ClN6O5S2. The van der Waals surface area contributed by atoms with Crippen LogP contribution in [0.25, 0.3) is 5.69 Å². The summed E-state index contributed by atoms with van der Waals surface area (Å²) in [4.78, 5) is 28.1. The number of nitrogens with zero attached hydrogens (tertiary/aromatic N) is 5. The lowest BCUT2D eigenvalue weighted by atomic mass is 10.2. The Bertz CT molecular complexity index is 1790. The lowest BCUT2D eigenvalue weighted by Gasteiger charge is -2.26. The first-order valence-corrected chi connectivity index (χ1v) is 16.8. The predicted molar refractivity (Wildman–Crippen MR) is 167 cm³/mol. The van der Waals surface area contributed by atoms with E-state index in [4.69, 9.17) is 16.3 Å². The largest absolute Gasteiger partial charge is 0.379 e. The Hall–Kier alpha value is -3.75. The van der Waals surface area contributed by atoms with Crippen molar-refractivity contribution in [1.82, 2.24) is 24.4 Å². The molecular weight excluding hydrogens is 624 g/mol. The van der Waals surface area contributed by atoms with Crippen LogP contribution in [0.1, 0.15) is 21.7 Å². The Morgan fingerprint density at radius 1 is 0.955 bits per heavy atom. The summed E-state index contributed by atoms with van der Waals surface area (Å²) >= 11 is 7.54. The number of fused-ring (bicyclic) bond motifs is 1. The lowest BCUT2D eigenvalue weighted by Crippen LogP contribution is -2.40. The van der Waals surface area contributed by atoms with E-state index in [1.165, 1.54) is 40.3 Å². The molecule has 228 valence electrons. The molecule has 0 aliphatic carbocycles. The Labute approximate surface area is 264 Å². The molecule has 14 heteroatoms. The average Bonchev–Trinajstić information content (AvgIpc) is 3.67. The number of sulfonamides is 1. The van der Waals surface area contributed by atoms with Crippen LogP contribution >= 0.6 is 23.4 Å². The number of amides is 2. The minimum atomic E-state index is -3.67. The fourth-order valence-corrected chi connectivity index (χ4v) is 7.60. The molecule has 0 radical (unpaired) electrons. The van der Waals surface area contributed by atoms with Gasteiger partial charge in [0.25, 0.3) is 5.91 Å². The van der Waals surface area contributed by atoms with Crippen molar-refractivity contribution in [3.63, 3.8) is 0 Å². The first-order chi connectivity index (χ1) is 21.3. The van der Waals surface area contributed by atoms with Crippen molar-refractivity contribution in [1.29, 1.82) is 0 Å². The third-order valence-electron chi connectivity index (χ3n) is 7.41. The molecule has 1 saturated heterocycles. The standard InChI is InChI=1S/C30H29ClN6O5S2/c31-23-5-3-6-24(18-23)37-27(33-34-30(37)43-20-28(38)36-13-12-21-4-1-2-7-26(21)36)19-32-29(39)22-8-10-25(11-9-22)44(40,41)35-14-16-42-17-15-35/h1-11,18H,12-17,19-20H2,(H,32,39). The van der Waals surface area contributed by atoms with E-state index in [9.17, 15) is 18.0 Å². The molecule has 0 bridgehead atoms. The highest BCUT2D eigenvalue weighted by atomic mass is 35.5. The van der Waals surface area contributed by atoms with Crippen molar-refractivity contribution in [2.24, 2.45) is 0 Å². The second-order valence-corrected chi connectivity index (χ2v) is 13.5. The molecule has 0 spiro atoms. The first kappa shape index (κ1) is 30.3. The number of hydrogen-bond donors (Lipinski definition) is 1. The maximum atomic E-state index is 13.2. The maximum Gasteiger partial charge on any atom is 0.251 e. The Morgan fingerprint density at radius 2 is 1.73 bits per heavy atom. The summed E-state index contributed by atoms with van der Waals surface area (Å²) in [6.45, 7) is 1.94. The fourth-order valence-electron chi connectivity index (χ4n) is 5.16. The molecule has 0 atom stereocenters. The Balaban J connectivity index is 1.16. The van der Waals surface area contributed by atoms with E-state index < -0.39 is 15.9 Å². The smallest absolute Gasteiger partial charge is 0.251 e. The number of carbonyl (C=O) groups is 2. The summed E-state index contributed by atoms with van der Waals surface area (Å²) in [5.41, 5.74) is 3.07. The van der Waals surface area contributed by atoms with Gasteiger partial charge in [0.2, 0.25) is 15.9 Å². The number of ether oxygens (including phenoxy) is 1. The third kappa shape index (κ3) is 6.37. The lowest BCUT2D eigenvalue weighted by molar-refractivity contribution is -0.116. The van der Waals surface area contributed by atoms with Crippen LogP contribution in [0.5, 0.6) is 0 Å². The van der Waals surface area contributed by atoms with Crippen LogP contribution in [0.3, 0.4) is 0 Å². The minimum Gasteiger partial charge on any atom is -0.379 e. The van der Waals surface area contributed by atoms with Crippen molar-refractivity contribution in [3.8, 4) is 5.69 Å². The topological polar surface area (TPSA) is 127 Å². The van der Waals surface area contributed by atoms with Gasteiger partial charge in [0.05, 0.1) is 36.1 Å². The predicted octanol–water partition coefficient (Wildman–Crippen LogP) is 3.55. The second-order valence-electron chi connectivity index (χ2n) is 10.2. The molecule has 2 aliphatic rings. The summed E-state index contributed by atoms with van der Waals surface area (Å²) < 4.78 is 34.2. The molecule has 1 N–H and O–H groups in total. The normalized spacial score (nSPS) is 15.2. The summed E-state index contributed by atoms with van der Waals surface area (Å²) in [7, 11) is -3.67. The molecule has 6 rings (SSSR count). The summed E-state index contributed by atoms with van der Waals surface area (Å²) in [6.07, 6.45) is 0.821. The maximum absolute atomic E-state index is 13.2. The highest BCUT2D eigenvalue weighted by Gasteiger charge is 2.27. The van der Waals surface area contributed by atoms with Gasteiger partial charge < -0.3 is 15.0 Å². The molecule has 2 aliphatic heterocycles. The van der Waals surface area contributed by atoms with Crippen LogP contribution in [0.15, 0.2) is 82.8 Å². The number of thioether (sulfide) groups is 1. The number of para-hydroxylation sites is 1. The van der Waals surface area contributed by atoms with Crippen LogP contribution in [-0.4, -0.2) is 77.9 Å². The zero-order valence-corrected chi connectivity index (χ0v) is 25.9. The van der Waals surface area contributed by atoms with E-state index in [-0.39, 0.29) is 23.1 Å². The number of aromatic nitrogens is 3. The van der Waals surface area contributed by atoms with Gasteiger partial charge in [0, 0.05) is 35.9 Å². The molecule has 0 unspecified atom stereocenters. The molecule has 3 aromatic carbocycles.